The summed E-state index contributed by atoms with van der Waals surface area (Å²) in [5, 5.41) is 10.5. The summed E-state index contributed by atoms with van der Waals surface area (Å²) in [5.41, 5.74) is 3.54. The van der Waals surface area contributed by atoms with E-state index >= 15 is 0 Å². The number of nitrogens with two attached hydrogens (primary N) is 1. The van der Waals surface area contributed by atoms with Crippen LogP contribution in [-0.2, 0) is 0 Å². The molecular formula is C8H6ClF3N2O2. The molecule has 0 spiro atoms. The van der Waals surface area contributed by atoms with Gasteiger partial charge in [-0.25, -0.2) is 0 Å². The Morgan fingerprint density at radius 2 is 2.00 bits per heavy atom. The Kier molecular flexibility index (Phi) is 3.39. The molecule has 0 saturated heterocycles. The molecule has 0 radical (unpaired) electrons. The summed E-state index contributed by atoms with van der Waals surface area (Å²) in [4.78, 5) is 9.58. The van der Waals surface area contributed by atoms with Gasteiger partial charge < -0.3 is 5.73 Å². The zero-order valence-corrected chi connectivity index (χ0v) is 8.42. The summed E-state index contributed by atoms with van der Waals surface area (Å²) < 4.78 is 36.9. The van der Waals surface area contributed by atoms with Crippen molar-refractivity contribution in [1.29, 1.82) is 0 Å². The molecule has 0 aliphatic rings. The van der Waals surface area contributed by atoms with Crippen molar-refractivity contribution in [2.24, 2.45) is 5.73 Å². The molecule has 1 aromatic rings. The molecule has 16 heavy (non-hydrogen) atoms. The maximum Gasteiger partial charge on any atom is 0.407 e. The lowest BCUT2D eigenvalue weighted by Gasteiger charge is -2.15. The Labute approximate surface area is 93.0 Å². The van der Waals surface area contributed by atoms with Crippen molar-refractivity contribution in [3.05, 3.63) is 38.9 Å². The molecule has 0 aromatic heterocycles. The van der Waals surface area contributed by atoms with Gasteiger partial charge in [0.1, 0.15) is 6.04 Å². The molecule has 1 unspecified atom stereocenters. The summed E-state index contributed by atoms with van der Waals surface area (Å²) in [5.74, 6) is 0. The quantitative estimate of drug-likeness (QED) is 0.652. The lowest BCUT2D eigenvalue weighted by Crippen LogP contribution is -2.29. The average Bonchev–Trinajstić information content (AvgIpc) is 2.15. The first-order valence-electron chi connectivity index (χ1n) is 3.99. The van der Waals surface area contributed by atoms with E-state index in [-0.39, 0.29) is 5.02 Å². The lowest BCUT2D eigenvalue weighted by atomic mass is 10.1. The Balaban J connectivity index is 3.28. The van der Waals surface area contributed by atoms with E-state index in [0.29, 0.717) is 0 Å². The van der Waals surface area contributed by atoms with E-state index in [9.17, 15) is 23.3 Å². The van der Waals surface area contributed by atoms with E-state index in [0.717, 1.165) is 18.2 Å². The van der Waals surface area contributed by atoms with Crippen molar-refractivity contribution in [2.45, 2.75) is 12.2 Å². The summed E-state index contributed by atoms with van der Waals surface area (Å²) in [7, 11) is 0. The van der Waals surface area contributed by atoms with Crippen LogP contribution in [0.5, 0.6) is 0 Å². The van der Waals surface area contributed by atoms with E-state index in [2.05, 4.69) is 0 Å². The summed E-state index contributed by atoms with van der Waals surface area (Å²) in [6.07, 6.45) is -4.74. The van der Waals surface area contributed by atoms with Gasteiger partial charge in [0.05, 0.1) is 10.5 Å². The molecule has 0 aliphatic carbocycles. The molecule has 1 aromatic carbocycles. The van der Waals surface area contributed by atoms with Crippen molar-refractivity contribution in [3.63, 3.8) is 0 Å². The molecule has 1 rings (SSSR count). The van der Waals surface area contributed by atoms with Crippen molar-refractivity contribution in [3.8, 4) is 0 Å². The van der Waals surface area contributed by atoms with Crippen molar-refractivity contribution in [2.75, 3.05) is 0 Å². The van der Waals surface area contributed by atoms with Crippen molar-refractivity contribution in [1.82, 2.24) is 0 Å². The van der Waals surface area contributed by atoms with Crippen LogP contribution in [0.1, 0.15) is 11.6 Å². The van der Waals surface area contributed by atoms with Gasteiger partial charge in [0.2, 0.25) is 0 Å². The highest BCUT2D eigenvalue weighted by atomic mass is 35.5. The van der Waals surface area contributed by atoms with E-state index in [1.54, 1.807) is 0 Å². The molecule has 0 heterocycles. The minimum absolute atomic E-state index is 0.0233. The third-order valence-corrected chi connectivity index (χ3v) is 2.11. The zero-order chi connectivity index (χ0) is 12.5. The molecule has 4 nitrogen and oxygen atoms in total. The smallest absolute Gasteiger partial charge is 0.316 e. The summed E-state index contributed by atoms with van der Waals surface area (Å²) in [6, 6.07) is 0.460. The van der Waals surface area contributed by atoms with E-state index in [1.807, 2.05) is 0 Å². The molecule has 8 heteroatoms. The number of hydrogen-bond acceptors (Lipinski definition) is 3. The van der Waals surface area contributed by atoms with Gasteiger partial charge in [0.25, 0.3) is 5.69 Å². The molecule has 2 N–H and O–H groups in total. The molecule has 0 amide bonds. The van der Waals surface area contributed by atoms with Gasteiger partial charge in [0, 0.05) is 11.1 Å². The van der Waals surface area contributed by atoms with Crippen LogP contribution in [0.15, 0.2) is 18.2 Å². The zero-order valence-electron chi connectivity index (χ0n) is 7.66. The van der Waals surface area contributed by atoms with Gasteiger partial charge in [-0.05, 0) is 12.1 Å². The predicted molar refractivity (Wildman–Crippen MR) is 51.1 cm³/mol. The number of benzene rings is 1. The minimum atomic E-state index is -4.74. The first-order chi connectivity index (χ1) is 7.23. The molecule has 0 saturated carbocycles. The Hall–Kier alpha value is -1.34. The fourth-order valence-corrected chi connectivity index (χ4v) is 1.28. The standard InChI is InChI=1S/C8H6ClF3N2O2/c9-4-1-2-5(6(3-4)14(15)16)7(13)8(10,11)12/h1-3,7H,13H2. The Morgan fingerprint density at radius 1 is 1.44 bits per heavy atom. The Bertz CT molecular complexity index is 422. The third kappa shape index (κ3) is 2.61. The largest absolute Gasteiger partial charge is 0.407 e. The maximum atomic E-state index is 12.3. The number of alkyl halides is 3. The van der Waals surface area contributed by atoms with Crippen LogP contribution in [0.25, 0.3) is 0 Å². The molecular weight excluding hydrogens is 249 g/mol. The highest BCUT2D eigenvalue weighted by Crippen LogP contribution is 2.36. The second-order valence-electron chi connectivity index (χ2n) is 2.98. The highest BCUT2D eigenvalue weighted by molar-refractivity contribution is 6.30. The molecule has 0 bridgehead atoms. The fraction of sp³-hybridized carbons (Fsp3) is 0.250. The van der Waals surface area contributed by atoms with Gasteiger partial charge in [-0.1, -0.05) is 11.6 Å². The monoisotopic (exact) mass is 254 g/mol. The Morgan fingerprint density at radius 3 is 2.44 bits per heavy atom. The number of rotatable bonds is 2. The SMILES string of the molecule is NC(c1ccc(Cl)cc1[N+](=O)[O-])C(F)(F)F. The second kappa shape index (κ2) is 4.26. The number of halogens is 4. The van der Waals surface area contributed by atoms with Crippen LogP contribution in [-0.4, -0.2) is 11.1 Å². The topological polar surface area (TPSA) is 69.2 Å². The average molecular weight is 255 g/mol. The maximum absolute atomic E-state index is 12.3. The van der Waals surface area contributed by atoms with Gasteiger partial charge in [-0.2, -0.15) is 13.2 Å². The fourth-order valence-electron chi connectivity index (χ4n) is 1.11. The van der Waals surface area contributed by atoms with Crippen LogP contribution in [0.3, 0.4) is 0 Å². The molecule has 0 aliphatic heterocycles. The van der Waals surface area contributed by atoms with Crippen LogP contribution >= 0.6 is 11.6 Å². The normalized spacial score (nSPS) is 13.6. The van der Waals surface area contributed by atoms with Gasteiger partial charge in [0.15, 0.2) is 0 Å². The first kappa shape index (κ1) is 12.7. The molecule has 88 valence electrons. The first-order valence-corrected chi connectivity index (χ1v) is 4.37. The van der Waals surface area contributed by atoms with Crippen LogP contribution < -0.4 is 5.73 Å². The highest BCUT2D eigenvalue weighted by Gasteiger charge is 2.41. The van der Waals surface area contributed by atoms with E-state index in [1.165, 1.54) is 0 Å². The number of nitro groups is 1. The number of nitrogens with zero attached hydrogens (tertiary/aromatic N) is 1. The number of nitro benzene ring substituents is 1. The van der Waals surface area contributed by atoms with E-state index in [4.69, 9.17) is 17.3 Å². The third-order valence-electron chi connectivity index (χ3n) is 1.88. The van der Waals surface area contributed by atoms with Gasteiger partial charge in [-0.3, -0.25) is 10.1 Å². The van der Waals surface area contributed by atoms with Crippen LogP contribution in [0.4, 0.5) is 18.9 Å². The van der Waals surface area contributed by atoms with Crippen molar-refractivity contribution >= 4 is 17.3 Å². The second-order valence-corrected chi connectivity index (χ2v) is 3.42. The van der Waals surface area contributed by atoms with Crippen LogP contribution in [0.2, 0.25) is 5.02 Å². The van der Waals surface area contributed by atoms with Gasteiger partial charge >= 0.3 is 6.18 Å². The minimum Gasteiger partial charge on any atom is -0.316 e. The lowest BCUT2D eigenvalue weighted by molar-refractivity contribution is -0.386. The number of hydrogen-bond donors (Lipinski definition) is 1. The predicted octanol–water partition coefficient (Wildman–Crippen LogP) is 2.81. The molecule has 0 fully saturated rings. The van der Waals surface area contributed by atoms with E-state index < -0.39 is 28.4 Å². The summed E-state index contributed by atoms with van der Waals surface area (Å²) >= 11 is 5.45. The van der Waals surface area contributed by atoms with Crippen LogP contribution in [0, 0.1) is 10.1 Å². The van der Waals surface area contributed by atoms with Crippen molar-refractivity contribution < 1.29 is 18.1 Å². The van der Waals surface area contributed by atoms with Gasteiger partial charge in [-0.15, -0.1) is 0 Å². The molecule has 1 atom stereocenters. The summed E-state index contributed by atoms with van der Waals surface area (Å²) in [6.45, 7) is 0.